The van der Waals surface area contributed by atoms with Crippen LogP contribution in [0.15, 0.2) is 69.5 Å². The van der Waals surface area contributed by atoms with Crippen LogP contribution in [0, 0.1) is 5.82 Å². The summed E-state index contributed by atoms with van der Waals surface area (Å²) >= 11 is 8.96. The van der Waals surface area contributed by atoms with Crippen LogP contribution in [0.25, 0.3) is 11.0 Å². The molecule has 252 valence electrons. The number of halogens is 2. The molecule has 4 aromatic rings. The van der Waals surface area contributed by atoms with Crippen molar-refractivity contribution in [3.05, 3.63) is 87.0 Å². The first-order valence-corrected chi connectivity index (χ1v) is 17.2. The lowest BCUT2D eigenvalue weighted by Crippen LogP contribution is -2.71. The number of aliphatic imine (C=N–C) groups is 1. The molecule has 0 unspecified atom stereocenters. The first-order valence-electron chi connectivity index (χ1n) is 14.9. The van der Waals surface area contributed by atoms with E-state index < -0.39 is 35.0 Å². The van der Waals surface area contributed by atoms with Gasteiger partial charge in [0.05, 0.1) is 24.8 Å². The number of pyridine rings is 1. The molecular formula is C31H27ClFN9O5S2. The average molecular weight is 724 g/mol. The number of hydrogen-bond acceptors (Lipinski definition) is 12. The van der Waals surface area contributed by atoms with E-state index in [2.05, 4.69) is 25.8 Å². The fraction of sp³-hybridized carbons (Fsp3) is 0.258. The summed E-state index contributed by atoms with van der Waals surface area (Å²) in [6.07, 6.45) is 3.60. The van der Waals surface area contributed by atoms with Crippen LogP contribution < -0.4 is 26.0 Å². The maximum absolute atomic E-state index is 15.3. The fourth-order valence-corrected chi connectivity index (χ4v) is 8.20. The van der Waals surface area contributed by atoms with Crippen LogP contribution in [0.2, 0.25) is 5.02 Å². The zero-order valence-corrected chi connectivity index (χ0v) is 28.1. The first kappa shape index (κ1) is 32.5. The smallest absolute Gasteiger partial charge is 0.276 e. The molecule has 1 saturated heterocycles. The Balaban J connectivity index is 1.11. The minimum atomic E-state index is -1.50. The molecule has 4 N–H and O–H groups in total. The van der Waals surface area contributed by atoms with Crippen molar-refractivity contribution in [3.8, 4) is 0 Å². The first-order chi connectivity index (χ1) is 23.6. The van der Waals surface area contributed by atoms with Gasteiger partial charge in [-0.05, 0) is 18.2 Å². The van der Waals surface area contributed by atoms with Crippen molar-refractivity contribution in [1.82, 2.24) is 25.1 Å². The van der Waals surface area contributed by atoms with Crippen molar-refractivity contribution >= 4 is 80.2 Å². The Labute approximate surface area is 291 Å². The lowest BCUT2D eigenvalue weighted by molar-refractivity contribution is -0.663. The zero-order chi connectivity index (χ0) is 34.4. The average Bonchev–Trinajstić information content (AvgIpc) is 3.86. The number of amides is 2. The number of aromatic nitrogens is 3. The minimum Gasteiger partial charge on any atom is -0.543 e. The van der Waals surface area contributed by atoms with Crippen LogP contribution >= 0.6 is 34.7 Å². The highest BCUT2D eigenvalue weighted by molar-refractivity contribution is 8.00. The van der Waals surface area contributed by atoms with Gasteiger partial charge in [0.1, 0.15) is 41.4 Å². The van der Waals surface area contributed by atoms with Gasteiger partial charge in [-0.3, -0.25) is 19.5 Å². The van der Waals surface area contributed by atoms with Crippen molar-refractivity contribution in [2.45, 2.75) is 24.5 Å². The fourth-order valence-electron chi connectivity index (χ4n) is 6.04. The number of carbonyl (C=O) groups excluding carboxylic acids is 3. The van der Waals surface area contributed by atoms with Gasteiger partial charge in [-0.2, -0.15) is 4.57 Å². The molecule has 3 aromatic heterocycles. The van der Waals surface area contributed by atoms with Crippen LogP contribution in [0.1, 0.15) is 16.8 Å². The van der Waals surface area contributed by atoms with Gasteiger partial charge in [-0.25, -0.2) is 9.37 Å². The number of nitrogens with zero attached hydrogens (tertiary/aromatic N) is 6. The SMILES string of the molecule is CO/N=C(\C(=O)N[C@@H]1C(=O)N2C(C(=O)[O-])=C(C[n+]3cccc4c3ccn4Cc3c(F)cc(C4=NCCN4)cc3Cl)CS[C@H]12)c1csc(N)n1. The molecule has 49 heavy (non-hydrogen) atoms. The molecule has 0 aliphatic carbocycles. The second-order valence-corrected chi connectivity index (χ2v) is 13.6. The molecule has 2 atom stereocenters. The lowest BCUT2D eigenvalue weighted by atomic mass is 10.0. The molecule has 1 fully saturated rings. The summed E-state index contributed by atoms with van der Waals surface area (Å²) in [5.74, 6) is -2.42. The molecule has 0 radical (unpaired) electrons. The molecule has 3 aliphatic heterocycles. The molecule has 7 rings (SSSR count). The number of carboxylic acid groups (broad SMARTS) is 1. The Kier molecular flexibility index (Phi) is 8.72. The molecule has 0 bridgehead atoms. The van der Waals surface area contributed by atoms with Crippen molar-refractivity contribution in [2.24, 2.45) is 10.1 Å². The normalized spacial score (nSPS) is 19.0. The van der Waals surface area contributed by atoms with Crippen LogP contribution in [-0.2, 0) is 32.3 Å². The maximum atomic E-state index is 15.3. The molecule has 0 spiro atoms. The van der Waals surface area contributed by atoms with Crippen molar-refractivity contribution < 1.29 is 33.3 Å². The predicted octanol–water partition coefficient (Wildman–Crippen LogP) is 0.613. The Morgan fingerprint density at radius 2 is 2.18 bits per heavy atom. The third-order valence-electron chi connectivity index (χ3n) is 8.28. The van der Waals surface area contributed by atoms with Crippen LogP contribution in [-0.4, -0.2) is 81.1 Å². The Morgan fingerprint density at radius 3 is 2.88 bits per heavy atom. The number of aliphatic carboxylic acids is 1. The lowest BCUT2D eigenvalue weighted by Gasteiger charge is -2.50. The summed E-state index contributed by atoms with van der Waals surface area (Å²) in [7, 11) is 1.27. The number of thiazole rings is 1. The summed E-state index contributed by atoms with van der Waals surface area (Å²) in [6, 6.07) is 7.62. The summed E-state index contributed by atoms with van der Waals surface area (Å²) < 4.78 is 19.0. The van der Waals surface area contributed by atoms with E-state index in [1.807, 2.05) is 21.3 Å². The number of β-lactam (4-membered cyclic amide) rings is 1. The highest BCUT2D eigenvalue weighted by atomic mass is 35.5. The third kappa shape index (κ3) is 5.97. The topological polar surface area (TPSA) is 183 Å². The minimum absolute atomic E-state index is 0.139. The number of hydrogen-bond donors (Lipinski definition) is 3. The van der Waals surface area contributed by atoms with E-state index >= 15 is 4.39 Å². The number of fused-ring (bicyclic) bond motifs is 2. The van der Waals surface area contributed by atoms with Crippen molar-refractivity contribution in [3.63, 3.8) is 0 Å². The largest absolute Gasteiger partial charge is 0.543 e. The number of amidine groups is 1. The molecule has 3 aliphatic rings. The molecule has 14 nitrogen and oxygen atoms in total. The van der Waals surface area contributed by atoms with Crippen molar-refractivity contribution in [2.75, 3.05) is 31.7 Å². The highest BCUT2D eigenvalue weighted by Gasteiger charge is 2.53. The van der Waals surface area contributed by atoms with Gasteiger partial charge < -0.3 is 35.7 Å². The van der Waals surface area contributed by atoms with Crippen molar-refractivity contribution in [1.29, 1.82) is 0 Å². The maximum Gasteiger partial charge on any atom is 0.276 e. The number of nitrogens with one attached hydrogen (secondary N) is 2. The van der Waals surface area contributed by atoms with Crippen LogP contribution in [0.4, 0.5) is 9.52 Å². The molecular weight excluding hydrogens is 697 g/mol. The molecule has 1 aromatic carbocycles. The monoisotopic (exact) mass is 723 g/mol. The van der Waals surface area contributed by atoms with Gasteiger partial charge in [0.25, 0.3) is 11.8 Å². The molecule has 6 heterocycles. The Bertz CT molecular complexity index is 2110. The summed E-state index contributed by atoms with van der Waals surface area (Å²) in [4.78, 5) is 53.2. The number of benzene rings is 1. The van der Waals surface area contributed by atoms with E-state index in [-0.39, 0.29) is 46.1 Å². The van der Waals surface area contributed by atoms with Crippen LogP contribution in [0.3, 0.4) is 0 Å². The number of thioether (sulfide) groups is 1. The number of oxime groups is 1. The van der Waals surface area contributed by atoms with E-state index in [1.54, 1.807) is 24.5 Å². The van der Waals surface area contributed by atoms with Crippen LogP contribution in [0.5, 0.6) is 0 Å². The van der Waals surface area contributed by atoms with Gasteiger partial charge in [-0.1, -0.05) is 16.8 Å². The van der Waals surface area contributed by atoms with Gasteiger partial charge in [-0.15, -0.1) is 23.1 Å². The van der Waals surface area contributed by atoms with Gasteiger partial charge in [0, 0.05) is 57.7 Å². The van der Waals surface area contributed by atoms with E-state index in [1.165, 1.54) is 30.3 Å². The molecule has 18 heteroatoms. The number of nitrogens with two attached hydrogens (primary N) is 1. The van der Waals surface area contributed by atoms with E-state index in [0.29, 0.717) is 35.6 Å². The summed E-state index contributed by atoms with van der Waals surface area (Å²) in [6.45, 7) is 1.61. The third-order valence-corrected chi connectivity index (χ3v) is 10.6. The predicted molar refractivity (Wildman–Crippen MR) is 179 cm³/mol. The number of anilines is 1. The molecule has 0 saturated carbocycles. The highest BCUT2D eigenvalue weighted by Crippen LogP contribution is 2.40. The quantitative estimate of drug-likeness (QED) is 0.0914. The Hall–Kier alpha value is -5.00. The van der Waals surface area contributed by atoms with Gasteiger partial charge in [0.2, 0.25) is 5.52 Å². The summed E-state index contributed by atoms with van der Waals surface area (Å²) in [5.41, 5.74) is 8.34. The second-order valence-electron chi connectivity index (χ2n) is 11.2. The Morgan fingerprint density at radius 1 is 1.35 bits per heavy atom. The number of rotatable bonds is 10. The van der Waals surface area contributed by atoms with E-state index in [4.69, 9.17) is 22.2 Å². The van der Waals surface area contributed by atoms with Gasteiger partial charge in [0.15, 0.2) is 23.6 Å². The summed E-state index contributed by atoms with van der Waals surface area (Å²) in [5, 5.41) is 23.3. The standard InChI is InChI=1S/C31H27ClFN9O5S2/c1-47-39-23(20-14-49-31(34)37-20)27(43)38-24-28(44)42-25(30(45)46)16(13-48-29(24)42)11-40-7-2-3-21-22(40)4-8-41(21)12-17-18(32)9-15(10-19(17)33)26-35-5-6-36-26/h2-4,7-10,14,24,29H,5-6,11-13H2,1H3,(H4-,34,35,36,37,38,43,45,46)/b39-23-/t24-,29-/m1/s1. The zero-order valence-electron chi connectivity index (χ0n) is 25.7. The van der Waals surface area contributed by atoms with E-state index in [9.17, 15) is 19.5 Å². The number of carbonyl (C=O) groups is 3. The molecule has 2 amide bonds. The number of nitrogen functional groups attached to an aromatic ring is 1. The van der Waals surface area contributed by atoms with Gasteiger partial charge >= 0.3 is 0 Å². The second kappa shape index (κ2) is 13.1. The number of carboxylic acids is 1. The van der Waals surface area contributed by atoms with E-state index in [0.717, 1.165) is 27.3 Å².